The second-order valence-corrected chi connectivity index (χ2v) is 12.4. The summed E-state index contributed by atoms with van der Waals surface area (Å²) in [6.07, 6.45) is 6.73. The van der Waals surface area contributed by atoms with Crippen molar-refractivity contribution >= 4 is 47.5 Å². The lowest BCUT2D eigenvalue weighted by Gasteiger charge is -2.49. The summed E-state index contributed by atoms with van der Waals surface area (Å²) < 4.78 is 26.5. The zero-order valence-electron chi connectivity index (χ0n) is 26.8. The van der Waals surface area contributed by atoms with Gasteiger partial charge in [0.05, 0.1) is 19.1 Å². The van der Waals surface area contributed by atoms with Crippen LogP contribution in [0.15, 0.2) is 70.9 Å². The fourth-order valence-electron chi connectivity index (χ4n) is 5.71. The van der Waals surface area contributed by atoms with Crippen LogP contribution in [-0.4, -0.2) is 71.0 Å². The molecule has 3 aliphatic heterocycles. The van der Waals surface area contributed by atoms with E-state index in [2.05, 4.69) is 5.32 Å². The van der Waals surface area contributed by atoms with Crippen LogP contribution >= 0.6 is 11.8 Å². The molecule has 0 spiro atoms. The molecule has 0 bridgehead atoms. The molecule has 1 saturated heterocycles. The van der Waals surface area contributed by atoms with Gasteiger partial charge in [-0.25, -0.2) is 4.79 Å². The van der Waals surface area contributed by atoms with Crippen LogP contribution in [0.5, 0.6) is 5.75 Å². The van der Waals surface area contributed by atoms with Gasteiger partial charge in [-0.3, -0.25) is 28.9 Å². The average molecular weight is 681 g/mol. The zero-order valence-corrected chi connectivity index (χ0v) is 27.6. The molecule has 254 valence electrons. The molecule has 3 heterocycles. The van der Waals surface area contributed by atoms with Gasteiger partial charge in [-0.2, -0.15) is 0 Å². The summed E-state index contributed by atoms with van der Waals surface area (Å²) in [4.78, 5) is 78.4. The number of thioether (sulfide) groups is 1. The Morgan fingerprint density at radius 2 is 1.81 bits per heavy atom. The van der Waals surface area contributed by atoms with Crippen LogP contribution in [0.4, 0.5) is 0 Å². The molecule has 0 radical (unpaired) electrons. The van der Waals surface area contributed by atoms with Crippen LogP contribution in [0.3, 0.4) is 0 Å². The molecule has 1 aliphatic carbocycles. The Morgan fingerprint density at radius 1 is 1.04 bits per heavy atom. The quantitative estimate of drug-likeness (QED) is 0.106. The summed E-state index contributed by atoms with van der Waals surface area (Å²) in [5.74, 6) is -4.41. The van der Waals surface area contributed by atoms with Gasteiger partial charge in [0.15, 0.2) is 5.92 Å². The molecule has 14 heteroatoms. The number of allylic oxidation sites excluding steroid dienone is 3. The van der Waals surface area contributed by atoms with Gasteiger partial charge in [0.1, 0.15) is 36.1 Å². The normalized spacial score (nSPS) is 20.0. The molecule has 1 N–H and O–H groups in total. The molecule has 1 fully saturated rings. The summed E-state index contributed by atoms with van der Waals surface area (Å²) in [6, 6.07) is 5.43. The molecule has 3 atom stereocenters. The number of hydrogen-bond donors (Lipinski definition) is 1. The summed E-state index contributed by atoms with van der Waals surface area (Å²) in [7, 11) is 0. The number of esters is 4. The van der Waals surface area contributed by atoms with E-state index in [0.717, 1.165) is 11.1 Å². The van der Waals surface area contributed by atoms with E-state index in [9.17, 15) is 28.8 Å². The van der Waals surface area contributed by atoms with E-state index >= 15 is 0 Å². The number of carbonyl (C=O) groups excluding carboxylic acids is 6. The monoisotopic (exact) mass is 680 g/mol. The Hall–Kier alpha value is -4.85. The fourth-order valence-corrected chi connectivity index (χ4v) is 7.04. The first-order valence-electron chi connectivity index (χ1n) is 15.6. The minimum atomic E-state index is -1.27. The van der Waals surface area contributed by atoms with Gasteiger partial charge in [-0.1, -0.05) is 19.1 Å². The topological polar surface area (TPSA) is 164 Å². The smallest absolute Gasteiger partial charge is 0.355 e. The molecule has 5 rings (SSSR count). The highest BCUT2D eigenvalue weighted by atomic mass is 32.2. The van der Waals surface area contributed by atoms with Crippen LogP contribution in [0, 0.1) is 5.92 Å². The van der Waals surface area contributed by atoms with E-state index < -0.39 is 47.1 Å². The number of nitrogens with zero attached hydrogens (tertiary/aromatic N) is 1. The van der Waals surface area contributed by atoms with Crippen molar-refractivity contribution in [2.45, 2.75) is 64.5 Å². The summed E-state index contributed by atoms with van der Waals surface area (Å²) in [5.41, 5.74) is 3.09. The number of ether oxygens (including phenoxy) is 5. The van der Waals surface area contributed by atoms with Crippen LogP contribution in [0.25, 0.3) is 0 Å². The van der Waals surface area contributed by atoms with Gasteiger partial charge in [0.2, 0.25) is 5.91 Å². The highest BCUT2D eigenvalue weighted by Crippen LogP contribution is 2.42. The molecule has 1 aromatic rings. The largest absolute Gasteiger partial charge is 0.472 e. The third kappa shape index (κ3) is 7.48. The van der Waals surface area contributed by atoms with Crippen molar-refractivity contribution in [2.75, 3.05) is 19.0 Å². The van der Waals surface area contributed by atoms with Gasteiger partial charge in [-0.05, 0) is 66.7 Å². The molecule has 1 aromatic carbocycles. The van der Waals surface area contributed by atoms with E-state index in [1.54, 1.807) is 43.5 Å². The second kappa shape index (κ2) is 15.4. The number of amides is 2. The number of β-lactam (4-membered cyclic amide) rings is 1. The summed E-state index contributed by atoms with van der Waals surface area (Å²) >= 11 is 1.28. The van der Waals surface area contributed by atoms with Crippen molar-refractivity contribution in [1.82, 2.24) is 10.2 Å². The minimum Gasteiger partial charge on any atom is -0.472 e. The van der Waals surface area contributed by atoms with Gasteiger partial charge in [0.25, 0.3) is 5.91 Å². The van der Waals surface area contributed by atoms with E-state index in [4.69, 9.17) is 23.7 Å². The molecular formula is C34H36N2O11S. The first-order valence-corrected chi connectivity index (χ1v) is 16.7. The van der Waals surface area contributed by atoms with Gasteiger partial charge >= 0.3 is 23.9 Å². The van der Waals surface area contributed by atoms with Crippen molar-refractivity contribution in [1.29, 1.82) is 0 Å². The van der Waals surface area contributed by atoms with E-state index in [1.165, 1.54) is 29.8 Å². The van der Waals surface area contributed by atoms with E-state index in [-0.39, 0.29) is 37.2 Å². The predicted molar refractivity (Wildman–Crippen MR) is 170 cm³/mol. The van der Waals surface area contributed by atoms with Gasteiger partial charge in [-0.15, -0.1) is 11.8 Å². The molecule has 4 aliphatic rings. The predicted octanol–water partition coefficient (Wildman–Crippen LogP) is 3.35. The highest BCUT2D eigenvalue weighted by molar-refractivity contribution is 8.00. The molecule has 2 amide bonds. The van der Waals surface area contributed by atoms with Crippen molar-refractivity contribution in [2.24, 2.45) is 5.92 Å². The molecule has 0 saturated carbocycles. The Balaban J connectivity index is 1.30. The SMILES string of the molecule is CCCC(=O)Oc1ccc(COC(=O)C2=C(COC(C)=O)CSC3C(NC(=O)C(C(=O)OCC)C4=C5C=COC=C5CC4)C(=O)N23)cc1. The third-order valence-electron chi connectivity index (χ3n) is 7.98. The maximum absolute atomic E-state index is 13.7. The fraction of sp³-hybridized carbons (Fsp3) is 0.412. The molecular weight excluding hydrogens is 644 g/mol. The number of hydrogen-bond acceptors (Lipinski definition) is 12. The first kappa shape index (κ1) is 34.5. The molecule has 13 nitrogen and oxygen atoms in total. The van der Waals surface area contributed by atoms with Gasteiger partial charge < -0.3 is 29.0 Å². The van der Waals surface area contributed by atoms with Crippen LogP contribution < -0.4 is 10.1 Å². The number of rotatable bonds is 13. The first-order chi connectivity index (χ1) is 23.1. The maximum Gasteiger partial charge on any atom is 0.355 e. The Labute approximate surface area is 281 Å². The highest BCUT2D eigenvalue weighted by Gasteiger charge is 2.55. The Bertz CT molecular complexity index is 1630. The Morgan fingerprint density at radius 3 is 2.52 bits per heavy atom. The third-order valence-corrected chi connectivity index (χ3v) is 9.32. The second-order valence-electron chi connectivity index (χ2n) is 11.3. The summed E-state index contributed by atoms with van der Waals surface area (Å²) in [5, 5.41) is 2.05. The van der Waals surface area contributed by atoms with E-state index in [0.29, 0.717) is 48.1 Å². The number of nitrogens with one attached hydrogen (secondary N) is 1. The standard InChI is InChI=1S/C34H36N2O11S/c1-4-6-26(38)47-23-10-7-20(8-11-23)15-46-34(42)29-22(17-45-19(3)37)18-48-32-28(31(40)36(29)32)35-30(39)27(33(41)44-5-2)25-12-9-21-16-43-14-13-24(21)25/h7-8,10-11,13-14,16,27-28,32H,4-6,9,12,15,17-18H2,1-3H3,(H,35,39). The Kier molecular flexibility index (Phi) is 11.0. The van der Waals surface area contributed by atoms with Crippen molar-refractivity contribution < 1.29 is 52.5 Å². The van der Waals surface area contributed by atoms with Gasteiger partial charge in [0, 0.05) is 24.7 Å². The van der Waals surface area contributed by atoms with Crippen molar-refractivity contribution in [3.63, 3.8) is 0 Å². The molecule has 3 unspecified atom stereocenters. The average Bonchev–Trinajstić information content (AvgIpc) is 3.49. The number of benzene rings is 1. The lowest BCUT2D eigenvalue weighted by atomic mass is 9.92. The lowest BCUT2D eigenvalue weighted by molar-refractivity contribution is -0.156. The van der Waals surface area contributed by atoms with Crippen LogP contribution in [-0.2, 0) is 54.3 Å². The molecule has 48 heavy (non-hydrogen) atoms. The van der Waals surface area contributed by atoms with Crippen molar-refractivity contribution in [3.8, 4) is 5.75 Å². The molecule has 0 aromatic heterocycles. The number of fused-ring (bicyclic) bond motifs is 2. The maximum atomic E-state index is 13.7. The lowest BCUT2D eigenvalue weighted by Crippen LogP contribution is -2.71. The van der Waals surface area contributed by atoms with Crippen LogP contribution in [0.1, 0.15) is 52.0 Å². The zero-order chi connectivity index (χ0) is 34.4. The minimum absolute atomic E-state index is 0.0644. The van der Waals surface area contributed by atoms with Crippen LogP contribution in [0.2, 0.25) is 0 Å². The summed E-state index contributed by atoms with van der Waals surface area (Å²) in [6.45, 7) is 4.44. The van der Waals surface area contributed by atoms with E-state index in [1.807, 2.05) is 6.92 Å². The van der Waals surface area contributed by atoms with Crippen molar-refractivity contribution in [3.05, 3.63) is 76.4 Å². The number of carbonyl (C=O) groups is 6.